The van der Waals surface area contributed by atoms with Crippen LogP contribution in [0.3, 0.4) is 0 Å². The second-order valence-corrected chi connectivity index (χ2v) is 6.45. The molecule has 0 radical (unpaired) electrons. The molecular formula is C23H28N4O6. The number of hydrogen-bond acceptors (Lipinski definition) is 8. The molecule has 2 aromatic carbocycles. The average molecular weight is 456 g/mol. The van der Waals surface area contributed by atoms with E-state index in [9.17, 15) is 9.59 Å². The molecule has 0 aliphatic rings. The van der Waals surface area contributed by atoms with Crippen LogP contribution in [0.25, 0.3) is 0 Å². The molecule has 0 saturated heterocycles. The molecular weight excluding hydrogens is 428 g/mol. The molecule has 10 heteroatoms. The zero-order valence-corrected chi connectivity index (χ0v) is 19.1. The summed E-state index contributed by atoms with van der Waals surface area (Å²) in [7, 11) is 3.07. The number of carbonyl (C=O) groups excluding carboxylic acids is 2. The zero-order valence-electron chi connectivity index (χ0n) is 19.1. The van der Waals surface area contributed by atoms with E-state index in [4.69, 9.17) is 18.9 Å². The van der Waals surface area contributed by atoms with Gasteiger partial charge in [-0.15, -0.1) is 0 Å². The summed E-state index contributed by atoms with van der Waals surface area (Å²) in [4.78, 5) is 23.8. The maximum Gasteiger partial charge on any atom is 0.249 e. The van der Waals surface area contributed by atoms with Crippen molar-refractivity contribution in [1.82, 2.24) is 10.9 Å². The smallest absolute Gasteiger partial charge is 0.249 e. The summed E-state index contributed by atoms with van der Waals surface area (Å²) in [5, 5.41) is 7.70. The third kappa shape index (κ3) is 8.17. The van der Waals surface area contributed by atoms with Gasteiger partial charge in [-0.1, -0.05) is 0 Å². The number of carbonyl (C=O) groups is 2. The predicted molar refractivity (Wildman–Crippen MR) is 124 cm³/mol. The topological polar surface area (TPSA) is 120 Å². The van der Waals surface area contributed by atoms with Gasteiger partial charge in [0.05, 0.1) is 39.9 Å². The fraction of sp³-hybridized carbons (Fsp3) is 0.304. The molecule has 10 nitrogen and oxygen atoms in total. The van der Waals surface area contributed by atoms with Crippen molar-refractivity contribution in [2.75, 3.05) is 27.4 Å². The predicted octanol–water partition coefficient (Wildman–Crippen LogP) is 2.49. The first kappa shape index (κ1) is 25.2. The van der Waals surface area contributed by atoms with Crippen molar-refractivity contribution in [3.05, 3.63) is 47.5 Å². The molecule has 2 amide bonds. The Balaban J connectivity index is 1.83. The molecule has 2 rings (SSSR count). The number of amides is 2. The Labute approximate surface area is 192 Å². The zero-order chi connectivity index (χ0) is 24.1. The Bertz CT molecular complexity index is 927. The van der Waals surface area contributed by atoms with Crippen molar-refractivity contribution >= 4 is 24.2 Å². The minimum Gasteiger partial charge on any atom is -0.493 e. The SMILES string of the molecule is CCOc1ccc(/C=N/NC(=O)CC(=O)N/N=C/c2ccc(OCC)c(OC)c2)cc1OC. The molecule has 0 saturated carbocycles. The second kappa shape index (κ2) is 13.4. The van der Waals surface area contributed by atoms with Crippen LogP contribution in [0.15, 0.2) is 46.6 Å². The van der Waals surface area contributed by atoms with E-state index in [-0.39, 0.29) is 0 Å². The van der Waals surface area contributed by atoms with E-state index in [2.05, 4.69) is 21.1 Å². The van der Waals surface area contributed by atoms with E-state index < -0.39 is 18.2 Å². The summed E-state index contributed by atoms with van der Waals surface area (Å²) >= 11 is 0. The number of nitrogens with zero attached hydrogens (tertiary/aromatic N) is 2. The van der Waals surface area contributed by atoms with Gasteiger partial charge in [0.2, 0.25) is 11.8 Å². The highest BCUT2D eigenvalue weighted by Gasteiger charge is 2.08. The van der Waals surface area contributed by atoms with E-state index in [1.165, 1.54) is 26.6 Å². The summed E-state index contributed by atoms with van der Waals surface area (Å²) in [6.07, 6.45) is 2.44. The van der Waals surface area contributed by atoms with Crippen molar-refractivity contribution in [3.63, 3.8) is 0 Å². The molecule has 0 spiro atoms. The van der Waals surface area contributed by atoms with Crippen molar-refractivity contribution in [3.8, 4) is 23.0 Å². The van der Waals surface area contributed by atoms with Gasteiger partial charge in [0.1, 0.15) is 6.42 Å². The van der Waals surface area contributed by atoms with E-state index in [0.29, 0.717) is 47.3 Å². The molecule has 0 fully saturated rings. The number of benzene rings is 2. The second-order valence-electron chi connectivity index (χ2n) is 6.45. The summed E-state index contributed by atoms with van der Waals surface area (Å²) in [5.41, 5.74) is 5.97. The van der Waals surface area contributed by atoms with Crippen LogP contribution in [0.5, 0.6) is 23.0 Å². The van der Waals surface area contributed by atoms with Gasteiger partial charge in [-0.25, -0.2) is 10.9 Å². The molecule has 33 heavy (non-hydrogen) atoms. The molecule has 0 aliphatic carbocycles. The summed E-state index contributed by atoms with van der Waals surface area (Å²) in [6, 6.07) is 10.5. The monoisotopic (exact) mass is 456 g/mol. The normalized spacial score (nSPS) is 10.8. The molecule has 176 valence electrons. The molecule has 0 aromatic heterocycles. The van der Waals surface area contributed by atoms with Gasteiger partial charge in [0.15, 0.2) is 23.0 Å². The van der Waals surface area contributed by atoms with Crippen molar-refractivity contribution in [2.45, 2.75) is 20.3 Å². The third-order valence-corrected chi connectivity index (χ3v) is 4.10. The largest absolute Gasteiger partial charge is 0.493 e. The van der Waals surface area contributed by atoms with Gasteiger partial charge in [-0.3, -0.25) is 9.59 Å². The first-order chi connectivity index (χ1) is 16.0. The average Bonchev–Trinajstić information content (AvgIpc) is 2.81. The lowest BCUT2D eigenvalue weighted by atomic mass is 10.2. The number of ether oxygens (including phenoxy) is 4. The minimum atomic E-state index is -0.584. The number of rotatable bonds is 12. The van der Waals surface area contributed by atoms with Gasteiger partial charge in [-0.05, 0) is 61.4 Å². The van der Waals surface area contributed by atoms with Gasteiger partial charge in [-0.2, -0.15) is 10.2 Å². The maximum atomic E-state index is 11.9. The highest BCUT2D eigenvalue weighted by atomic mass is 16.5. The number of nitrogens with one attached hydrogen (secondary N) is 2. The molecule has 0 aliphatic heterocycles. The third-order valence-electron chi connectivity index (χ3n) is 4.10. The molecule has 0 bridgehead atoms. The van der Waals surface area contributed by atoms with E-state index in [1.807, 2.05) is 13.8 Å². The van der Waals surface area contributed by atoms with E-state index in [1.54, 1.807) is 36.4 Å². The van der Waals surface area contributed by atoms with E-state index in [0.717, 1.165) is 0 Å². The Kier molecular flexibility index (Phi) is 10.2. The lowest BCUT2D eigenvalue weighted by Crippen LogP contribution is -2.27. The Morgan fingerprint density at radius 2 is 1.18 bits per heavy atom. The number of hydrogen-bond donors (Lipinski definition) is 2. The first-order valence-corrected chi connectivity index (χ1v) is 10.3. The fourth-order valence-corrected chi connectivity index (χ4v) is 2.66. The minimum absolute atomic E-state index is 0.437. The van der Waals surface area contributed by atoms with Crippen molar-refractivity contribution in [2.24, 2.45) is 10.2 Å². The van der Waals surface area contributed by atoms with Crippen LogP contribution in [0.1, 0.15) is 31.4 Å². The first-order valence-electron chi connectivity index (χ1n) is 10.3. The summed E-state index contributed by atoms with van der Waals surface area (Å²) in [6.45, 7) is 4.78. The molecule has 0 heterocycles. The highest BCUT2D eigenvalue weighted by molar-refractivity contribution is 5.97. The van der Waals surface area contributed by atoms with Crippen molar-refractivity contribution < 1.29 is 28.5 Å². The Hall–Kier alpha value is -4.08. The van der Waals surface area contributed by atoms with Crippen LogP contribution in [0.4, 0.5) is 0 Å². The Morgan fingerprint density at radius 3 is 1.55 bits per heavy atom. The van der Waals surface area contributed by atoms with Crippen molar-refractivity contribution in [1.29, 1.82) is 0 Å². The van der Waals surface area contributed by atoms with Crippen LogP contribution in [0, 0.1) is 0 Å². The summed E-state index contributed by atoms with van der Waals surface area (Å²) < 4.78 is 21.4. The lowest BCUT2D eigenvalue weighted by molar-refractivity contribution is -0.129. The van der Waals surface area contributed by atoms with Gasteiger partial charge in [0, 0.05) is 0 Å². The lowest BCUT2D eigenvalue weighted by Gasteiger charge is -2.09. The molecule has 2 N–H and O–H groups in total. The number of methoxy groups -OCH3 is 2. The summed E-state index contributed by atoms with van der Waals surface area (Å²) in [5.74, 6) is 1.16. The van der Waals surface area contributed by atoms with Crippen LogP contribution < -0.4 is 29.8 Å². The van der Waals surface area contributed by atoms with Crippen LogP contribution in [-0.2, 0) is 9.59 Å². The fourth-order valence-electron chi connectivity index (χ4n) is 2.66. The molecule has 0 unspecified atom stereocenters. The van der Waals surface area contributed by atoms with Gasteiger partial charge in [0.25, 0.3) is 0 Å². The number of hydrazone groups is 2. The Morgan fingerprint density at radius 1 is 0.758 bits per heavy atom. The van der Waals surface area contributed by atoms with Gasteiger partial charge < -0.3 is 18.9 Å². The van der Waals surface area contributed by atoms with Gasteiger partial charge >= 0.3 is 0 Å². The van der Waals surface area contributed by atoms with Crippen LogP contribution in [-0.4, -0.2) is 51.7 Å². The quantitative estimate of drug-likeness (QED) is 0.288. The maximum absolute atomic E-state index is 11.9. The van der Waals surface area contributed by atoms with Crippen LogP contribution in [0.2, 0.25) is 0 Å². The molecule has 0 atom stereocenters. The molecule has 2 aromatic rings. The van der Waals surface area contributed by atoms with Crippen LogP contribution >= 0.6 is 0 Å². The van der Waals surface area contributed by atoms with E-state index >= 15 is 0 Å². The highest BCUT2D eigenvalue weighted by Crippen LogP contribution is 2.28. The standard InChI is InChI=1S/C23H28N4O6/c1-5-32-18-9-7-16(11-20(18)30-3)14-24-26-22(28)13-23(29)27-25-15-17-8-10-19(33-6-2)21(12-17)31-4/h7-12,14-15H,5-6,13H2,1-4H3,(H,26,28)(H,27,29)/b24-14+,25-15+.